The maximum atomic E-state index is 15.4. The normalized spacial score (nSPS) is 21.8. The molecule has 0 heterocycles. The predicted octanol–water partition coefficient (Wildman–Crippen LogP) is 4.23. The standard InChI is InChI=1S/C18H24BrF2NO3S/c1-5-25-15(23)18(20,21)17(22-26(24)16(2,3)4)10-6-7-12-8-9-13(19)11-14(12)17/h8-9,11,22H,5-7,10H2,1-4H3/t17-,26?/m1/s1. The Hall–Kier alpha value is -0.860. The molecule has 8 heteroatoms. The van der Waals surface area contributed by atoms with Crippen LogP contribution in [0.2, 0.25) is 0 Å². The van der Waals surface area contributed by atoms with E-state index >= 15 is 8.78 Å². The molecule has 0 fully saturated rings. The molecule has 0 amide bonds. The molecule has 1 aliphatic carbocycles. The number of hydrogen-bond acceptors (Lipinski definition) is 3. The van der Waals surface area contributed by atoms with Crippen molar-refractivity contribution in [3.63, 3.8) is 0 Å². The molecule has 0 saturated heterocycles. The zero-order valence-electron chi connectivity index (χ0n) is 15.3. The van der Waals surface area contributed by atoms with Crippen LogP contribution in [0.4, 0.5) is 8.78 Å². The van der Waals surface area contributed by atoms with Crippen LogP contribution in [0.1, 0.15) is 51.7 Å². The Morgan fingerprint density at radius 3 is 2.62 bits per heavy atom. The van der Waals surface area contributed by atoms with Crippen molar-refractivity contribution < 1.29 is 22.5 Å². The fraction of sp³-hybridized carbons (Fsp3) is 0.611. The van der Waals surface area contributed by atoms with Gasteiger partial charge < -0.3 is 4.74 Å². The minimum Gasteiger partial charge on any atom is -0.461 e. The lowest BCUT2D eigenvalue weighted by Gasteiger charge is -2.44. The molecule has 0 aromatic heterocycles. The van der Waals surface area contributed by atoms with Gasteiger partial charge in [-0.05, 0) is 70.2 Å². The average Bonchev–Trinajstić information content (AvgIpc) is 2.54. The number of alkyl halides is 2. The summed E-state index contributed by atoms with van der Waals surface area (Å²) in [6.45, 7) is 6.40. The highest BCUT2D eigenvalue weighted by Crippen LogP contribution is 2.48. The highest BCUT2D eigenvalue weighted by Gasteiger charge is 2.63. The van der Waals surface area contributed by atoms with Crippen LogP contribution in [0, 0.1) is 0 Å². The van der Waals surface area contributed by atoms with Gasteiger partial charge in [-0.15, -0.1) is 0 Å². The first kappa shape index (κ1) is 21.4. The number of ether oxygens (including phenoxy) is 1. The topological polar surface area (TPSA) is 55.4 Å². The van der Waals surface area contributed by atoms with Gasteiger partial charge in [0.25, 0.3) is 0 Å². The van der Waals surface area contributed by atoms with Gasteiger partial charge in [0.15, 0.2) is 0 Å². The average molecular weight is 452 g/mol. The van der Waals surface area contributed by atoms with Crippen molar-refractivity contribution in [2.75, 3.05) is 6.61 Å². The summed E-state index contributed by atoms with van der Waals surface area (Å²) in [5.41, 5.74) is -1.09. The molecule has 0 saturated carbocycles. The third-order valence-electron chi connectivity index (χ3n) is 4.42. The molecule has 0 spiro atoms. The summed E-state index contributed by atoms with van der Waals surface area (Å²) in [4.78, 5) is 12.2. The van der Waals surface area contributed by atoms with E-state index in [1.807, 2.05) is 0 Å². The largest absolute Gasteiger partial charge is 0.461 e. The van der Waals surface area contributed by atoms with Gasteiger partial charge in [-0.2, -0.15) is 8.78 Å². The van der Waals surface area contributed by atoms with Gasteiger partial charge in [-0.3, -0.25) is 0 Å². The van der Waals surface area contributed by atoms with Crippen LogP contribution >= 0.6 is 15.9 Å². The van der Waals surface area contributed by atoms with Crippen molar-refractivity contribution in [3.8, 4) is 0 Å². The minimum absolute atomic E-state index is 0.0237. The van der Waals surface area contributed by atoms with Crippen LogP contribution in [0.25, 0.3) is 0 Å². The third kappa shape index (κ3) is 3.87. The van der Waals surface area contributed by atoms with E-state index in [1.54, 1.807) is 39.0 Å². The predicted molar refractivity (Wildman–Crippen MR) is 101 cm³/mol. The lowest BCUT2D eigenvalue weighted by molar-refractivity contribution is -0.186. The number of hydrogen-bond donors (Lipinski definition) is 1. The molecule has 1 unspecified atom stereocenters. The summed E-state index contributed by atoms with van der Waals surface area (Å²) in [6, 6.07) is 5.11. The second kappa shape index (κ2) is 7.64. The Morgan fingerprint density at radius 1 is 1.38 bits per heavy atom. The van der Waals surface area contributed by atoms with Crippen molar-refractivity contribution in [2.45, 2.75) is 63.2 Å². The van der Waals surface area contributed by atoms with Crippen LogP contribution < -0.4 is 4.72 Å². The Bertz CT molecular complexity index is 721. The van der Waals surface area contributed by atoms with Crippen molar-refractivity contribution in [3.05, 3.63) is 33.8 Å². The molecule has 2 atom stereocenters. The molecule has 1 aromatic rings. The summed E-state index contributed by atoms with van der Waals surface area (Å²) in [5, 5.41) is 0. The highest BCUT2D eigenvalue weighted by molar-refractivity contribution is 9.10. The molecule has 4 nitrogen and oxygen atoms in total. The van der Waals surface area contributed by atoms with E-state index in [0.717, 1.165) is 0 Å². The van der Waals surface area contributed by atoms with Gasteiger partial charge in [0, 0.05) is 4.47 Å². The molecule has 0 bridgehead atoms. The van der Waals surface area contributed by atoms with Gasteiger partial charge in [-0.25, -0.2) is 13.7 Å². The number of carbonyl (C=O) groups excluding carboxylic acids is 1. The molecule has 146 valence electrons. The van der Waals surface area contributed by atoms with E-state index < -0.39 is 33.2 Å². The zero-order chi connectivity index (χ0) is 19.8. The number of halogens is 3. The Kier molecular flexibility index (Phi) is 6.30. The van der Waals surface area contributed by atoms with Gasteiger partial charge in [0.1, 0.15) is 5.54 Å². The second-order valence-corrected chi connectivity index (χ2v) is 10.2. The van der Waals surface area contributed by atoms with Crippen molar-refractivity contribution in [1.82, 2.24) is 4.72 Å². The van der Waals surface area contributed by atoms with E-state index in [9.17, 15) is 9.00 Å². The summed E-state index contributed by atoms with van der Waals surface area (Å²) in [7, 11) is -1.81. The smallest absolute Gasteiger partial charge is 0.379 e. The molecule has 0 aliphatic heterocycles. The number of aryl methyl sites for hydroxylation is 1. The SMILES string of the molecule is CCOC(=O)C(F)(F)[C@@]1(NS(=O)C(C)(C)C)CCCc2ccc(Br)cc21. The monoisotopic (exact) mass is 451 g/mol. The van der Waals surface area contributed by atoms with E-state index in [2.05, 4.69) is 25.4 Å². The molecule has 2 rings (SSSR count). The first-order valence-electron chi connectivity index (χ1n) is 8.49. The lowest BCUT2D eigenvalue weighted by atomic mass is 9.73. The molecular weight excluding hydrogens is 428 g/mol. The summed E-state index contributed by atoms with van der Waals surface area (Å²) < 4.78 is 50.7. The first-order chi connectivity index (χ1) is 12.0. The van der Waals surface area contributed by atoms with Crippen LogP contribution in [-0.2, 0) is 32.5 Å². The number of esters is 1. The van der Waals surface area contributed by atoms with Crippen LogP contribution in [0.3, 0.4) is 0 Å². The third-order valence-corrected chi connectivity index (χ3v) is 6.56. The maximum absolute atomic E-state index is 15.4. The zero-order valence-corrected chi connectivity index (χ0v) is 17.7. The van der Waals surface area contributed by atoms with Gasteiger partial charge in [0.2, 0.25) is 0 Å². The number of rotatable bonds is 5. The molecule has 0 radical (unpaired) electrons. The molecular formula is C18H24BrF2NO3S. The fourth-order valence-electron chi connectivity index (χ4n) is 3.05. The van der Waals surface area contributed by atoms with Crippen molar-refractivity contribution in [1.29, 1.82) is 0 Å². The molecule has 1 aromatic carbocycles. The quantitative estimate of drug-likeness (QED) is 0.681. The van der Waals surface area contributed by atoms with E-state index in [0.29, 0.717) is 22.9 Å². The number of nitrogens with one attached hydrogen (secondary N) is 1. The fourth-order valence-corrected chi connectivity index (χ4v) is 4.37. The molecule has 1 N–H and O–H groups in total. The van der Waals surface area contributed by atoms with Gasteiger partial charge >= 0.3 is 11.9 Å². The highest BCUT2D eigenvalue weighted by atomic mass is 79.9. The summed E-state index contributed by atoms with van der Waals surface area (Å²) >= 11 is 3.32. The maximum Gasteiger partial charge on any atom is 0.379 e. The first-order valence-corrected chi connectivity index (χ1v) is 10.4. The van der Waals surface area contributed by atoms with E-state index in [1.165, 1.54) is 6.92 Å². The van der Waals surface area contributed by atoms with E-state index in [4.69, 9.17) is 0 Å². The minimum atomic E-state index is -3.88. The van der Waals surface area contributed by atoms with Gasteiger partial charge in [0.05, 0.1) is 22.3 Å². The van der Waals surface area contributed by atoms with Crippen molar-refractivity contribution in [2.24, 2.45) is 0 Å². The summed E-state index contributed by atoms with van der Waals surface area (Å²) in [5.74, 6) is -5.48. The molecule has 26 heavy (non-hydrogen) atoms. The Balaban J connectivity index is 2.67. The number of carbonyl (C=O) groups is 1. The van der Waals surface area contributed by atoms with Gasteiger partial charge in [-0.1, -0.05) is 22.0 Å². The number of benzene rings is 1. The lowest BCUT2D eigenvalue weighted by Crippen LogP contribution is -2.63. The summed E-state index contributed by atoms with van der Waals surface area (Å²) in [6.07, 6.45) is 1.04. The van der Waals surface area contributed by atoms with E-state index in [-0.39, 0.29) is 18.6 Å². The van der Waals surface area contributed by atoms with Crippen LogP contribution in [0.5, 0.6) is 0 Å². The van der Waals surface area contributed by atoms with Crippen LogP contribution in [-0.4, -0.2) is 27.5 Å². The second-order valence-electron chi connectivity index (χ2n) is 7.34. The Morgan fingerprint density at radius 2 is 2.04 bits per heavy atom. The van der Waals surface area contributed by atoms with Crippen LogP contribution in [0.15, 0.2) is 22.7 Å². The Labute approximate surface area is 163 Å². The molecule has 1 aliphatic rings. The number of fused-ring (bicyclic) bond motifs is 1. The van der Waals surface area contributed by atoms with Crippen molar-refractivity contribution >= 4 is 32.9 Å².